The zero-order chi connectivity index (χ0) is 2.99. The minimum atomic E-state index is 1.17. The Balaban J connectivity index is 2.17. The monoisotopic (exact) mass is 59.1 g/mol. The van der Waals surface area contributed by atoms with Gasteiger partial charge in [0.2, 0.25) is 0 Å². The minimum Gasteiger partial charge on any atom is -0.250 e. The van der Waals surface area contributed by atoms with E-state index in [0.29, 0.717) is 0 Å². The molecule has 0 aromatic heterocycles. The van der Waals surface area contributed by atoms with Crippen molar-refractivity contribution in [3.63, 3.8) is 0 Å². The van der Waals surface area contributed by atoms with Gasteiger partial charge in [0.15, 0.2) is 0 Å². The molecule has 0 aromatic carbocycles. The summed E-state index contributed by atoms with van der Waals surface area (Å²) in [6.07, 6.45) is 0. The van der Waals surface area contributed by atoms with Gasteiger partial charge in [-0.25, -0.2) is 0 Å². The molecule has 1 aliphatic heterocycles. The van der Waals surface area contributed by atoms with Crippen molar-refractivity contribution < 1.29 is 5.01 Å². The normalized spacial score (nSPS) is 26.2. The lowest BCUT2D eigenvalue weighted by Crippen LogP contribution is -2.99. The zero-order valence-corrected chi connectivity index (χ0v) is 2.49. The number of quaternary nitrogens is 1. The van der Waals surface area contributed by atoms with E-state index in [9.17, 15) is 0 Å². The fourth-order valence-electron chi connectivity index (χ4n) is 0.0722. The molecule has 2 nitrogen and oxygen atoms in total. The van der Waals surface area contributed by atoms with Crippen molar-refractivity contribution in [2.24, 2.45) is 5.84 Å². The van der Waals surface area contributed by atoms with Gasteiger partial charge < -0.3 is 0 Å². The van der Waals surface area contributed by atoms with Crippen molar-refractivity contribution in [2.75, 3.05) is 13.1 Å². The Bertz CT molecular complexity index is 23.2. The highest BCUT2D eigenvalue weighted by Gasteiger charge is 2.16. The van der Waals surface area contributed by atoms with Gasteiger partial charge in [-0.2, -0.15) is 5.84 Å². The Morgan fingerprint density at radius 2 is 1.75 bits per heavy atom. The molecule has 0 saturated carbocycles. The van der Waals surface area contributed by atoms with Gasteiger partial charge in [-0.15, -0.1) is 0 Å². The fraction of sp³-hybridized carbons (Fsp3) is 1.00. The third kappa shape index (κ3) is 0.191. The Kier molecular flexibility index (Phi) is 0.242. The van der Waals surface area contributed by atoms with E-state index in [2.05, 4.69) is 0 Å². The van der Waals surface area contributed by atoms with Gasteiger partial charge in [0.25, 0.3) is 0 Å². The maximum atomic E-state index is 5.14. The van der Waals surface area contributed by atoms with Gasteiger partial charge in [-0.3, -0.25) is 5.01 Å². The number of rotatable bonds is 0. The molecule has 1 heterocycles. The van der Waals surface area contributed by atoms with Crippen molar-refractivity contribution in [1.29, 1.82) is 0 Å². The number of hydrogen-bond acceptors (Lipinski definition) is 1. The summed E-state index contributed by atoms with van der Waals surface area (Å²) in [5.74, 6) is 5.14. The van der Waals surface area contributed by atoms with Crippen LogP contribution in [-0.4, -0.2) is 13.1 Å². The fourth-order valence-corrected chi connectivity index (χ4v) is 0.0722. The van der Waals surface area contributed by atoms with Gasteiger partial charge in [0, 0.05) is 0 Å². The maximum Gasteiger partial charge on any atom is 0.146 e. The van der Waals surface area contributed by atoms with Crippen molar-refractivity contribution in [3.05, 3.63) is 0 Å². The summed E-state index contributed by atoms with van der Waals surface area (Å²) in [6.45, 7) is 2.36. The lowest BCUT2D eigenvalue weighted by Gasteiger charge is -1.65. The number of nitrogens with two attached hydrogens (primary N) is 1. The summed E-state index contributed by atoms with van der Waals surface area (Å²) in [5, 5.41) is 1.17. The molecule has 0 bridgehead atoms. The van der Waals surface area contributed by atoms with Crippen LogP contribution in [0, 0.1) is 0 Å². The molecule has 0 aliphatic carbocycles. The second-order valence-electron chi connectivity index (χ2n) is 1.16. The van der Waals surface area contributed by atoms with Crippen LogP contribution in [0.1, 0.15) is 0 Å². The van der Waals surface area contributed by atoms with E-state index in [0.717, 1.165) is 0 Å². The molecule has 1 rings (SSSR count). The third-order valence-electron chi connectivity index (χ3n) is 0.539. The van der Waals surface area contributed by atoms with E-state index in [1.165, 1.54) is 18.1 Å². The highest BCUT2D eigenvalue weighted by Crippen LogP contribution is 1.46. The predicted molar refractivity (Wildman–Crippen MR) is 14.9 cm³/mol. The van der Waals surface area contributed by atoms with Crippen LogP contribution < -0.4 is 10.9 Å². The molecule has 0 aromatic rings. The highest BCUT2D eigenvalue weighted by molar-refractivity contribution is 4.28. The van der Waals surface area contributed by atoms with Crippen LogP contribution in [0.5, 0.6) is 0 Å². The zero-order valence-electron chi connectivity index (χ0n) is 2.49. The smallest absolute Gasteiger partial charge is 0.146 e. The van der Waals surface area contributed by atoms with Crippen molar-refractivity contribution in [3.8, 4) is 0 Å². The van der Waals surface area contributed by atoms with Crippen LogP contribution in [-0.2, 0) is 0 Å². The highest BCUT2D eigenvalue weighted by atomic mass is 15.5. The Morgan fingerprint density at radius 3 is 1.75 bits per heavy atom. The molecule has 24 valence electrons. The summed E-state index contributed by atoms with van der Waals surface area (Å²) in [4.78, 5) is 0. The van der Waals surface area contributed by atoms with Gasteiger partial charge in [-0.05, 0) is 0 Å². The second-order valence-corrected chi connectivity index (χ2v) is 1.16. The standard InChI is InChI=1S/C2H6N2/c3-4-1-2-4/h1-3H2/p+1. The summed E-state index contributed by atoms with van der Waals surface area (Å²) in [5.41, 5.74) is 0. The first-order valence-electron chi connectivity index (χ1n) is 1.50. The summed E-state index contributed by atoms with van der Waals surface area (Å²) in [6, 6.07) is 0. The minimum absolute atomic E-state index is 1.17. The number of hydrogen-bond donors (Lipinski definition) is 2. The summed E-state index contributed by atoms with van der Waals surface area (Å²) >= 11 is 0. The largest absolute Gasteiger partial charge is 0.250 e. The third-order valence-corrected chi connectivity index (χ3v) is 0.539. The average Bonchev–Trinajstić information content (AvgIpc) is 1.75. The van der Waals surface area contributed by atoms with Crippen LogP contribution in [0.2, 0.25) is 0 Å². The Hall–Kier alpha value is -0.0800. The van der Waals surface area contributed by atoms with Crippen molar-refractivity contribution in [2.45, 2.75) is 0 Å². The van der Waals surface area contributed by atoms with Gasteiger partial charge in [0.1, 0.15) is 13.1 Å². The molecule has 1 aliphatic rings. The lowest BCUT2D eigenvalue weighted by molar-refractivity contribution is -0.771. The second kappa shape index (κ2) is 0.445. The van der Waals surface area contributed by atoms with Crippen LogP contribution >= 0.6 is 0 Å². The first-order valence-corrected chi connectivity index (χ1v) is 1.50. The van der Waals surface area contributed by atoms with Crippen molar-refractivity contribution >= 4 is 0 Å². The van der Waals surface area contributed by atoms with E-state index >= 15 is 0 Å². The van der Waals surface area contributed by atoms with E-state index in [1.807, 2.05) is 0 Å². The number of nitrogens with one attached hydrogen (secondary N) is 1. The lowest BCUT2D eigenvalue weighted by atomic mass is 11.0. The summed E-state index contributed by atoms with van der Waals surface area (Å²) in [7, 11) is 0. The molecule has 0 atom stereocenters. The van der Waals surface area contributed by atoms with Crippen LogP contribution in [0.3, 0.4) is 0 Å². The van der Waals surface area contributed by atoms with Gasteiger partial charge in [-0.1, -0.05) is 0 Å². The predicted octanol–water partition coefficient (Wildman–Crippen LogP) is -2.24. The summed E-state index contributed by atoms with van der Waals surface area (Å²) < 4.78 is 0. The molecular formula is C2H7N2+. The Morgan fingerprint density at radius 1 is 1.50 bits per heavy atom. The molecule has 0 amide bonds. The molecule has 3 N–H and O–H groups in total. The maximum absolute atomic E-state index is 5.14. The molecule has 0 unspecified atom stereocenters. The van der Waals surface area contributed by atoms with E-state index in [-0.39, 0.29) is 0 Å². The molecular weight excluding hydrogens is 52.0 g/mol. The van der Waals surface area contributed by atoms with Crippen LogP contribution in [0.25, 0.3) is 0 Å². The average molecular weight is 59.1 g/mol. The van der Waals surface area contributed by atoms with Gasteiger partial charge in [0.05, 0.1) is 0 Å². The van der Waals surface area contributed by atoms with Crippen LogP contribution in [0.4, 0.5) is 0 Å². The topological polar surface area (TPSA) is 30.5 Å². The molecule has 0 spiro atoms. The van der Waals surface area contributed by atoms with E-state index in [4.69, 9.17) is 5.84 Å². The van der Waals surface area contributed by atoms with E-state index < -0.39 is 0 Å². The quantitative estimate of drug-likeness (QED) is 0.240. The Labute approximate surface area is 25.2 Å². The first kappa shape index (κ1) is 2.18. The first-order chi connectivity index (χ1) is 1.89. The molecule has 2 heteroatoms. The van der Waals surface area contributed by atoms with Crippen LogP contribution in [0.15, 0.2) is 0 Å². The molecule has 4 heavy (non-hydrogen) atoms. The SMILES string of the molecule is N[NH+]1CC1. The van der Waals surface area contributed by atoms with Gasteiger partial charge >= 0.3 is 0 Å². The molecule has 1 fully saturated rings. The molecule has 0 radical (unpaired) electrons. The van der Waals surface area contributed by atoms with E-state index in [1.54, 1.807) is 0 Å². The molecule has 1 saturated heterocycles. The van der Waals surface area contributed by atoms with Crippen molar-refractivity contribution in [1.82, 2.24) is 0 Å².